The molecule has 7 nitrogen and oxygen atoms in total. The molecule has 0 saturated carbocycles. The molecule has 0 bridgehead atoms. The first-order chi connectivity index (χ1) is 15.4. The topological polar surface area (TPSA) is 104 Å². The summed E-state index contributed by atoms with van der Waals surface area (Å²) in [6.45, 7) is 3.44. The Labute approximate surface area is 185 Å². The molecule has 1 aliphatic rings. The molecule has 0 radical (unpaired) electrons. The number of carbonyl (C=O) groups excluding carboxylic acids is 1. The number of methoxy groups -OCH3 is 1. The first-order valence-electron chi connectivity index (χ1n) is 9.90. The van der Waals surface area contributed by atoms with Crippen LogP contribution < -0.4 is 15.2 Å². The molecule has 3 rings (SSSR count). The van der Waals surface area contributed by atoms with Gasteiger partial charge < -0.3 is 24.7 Å². The monoisotopic (exact) mass is 438 g/mol. The zero-order valence-corrected chi connectivity index (χ0v) is 18.0. The van der Waals surface area contributed by atoms with Gasteiger partial charge in [-0.1, -0.05) is 24.3 Å². The van der Waals surface area contributed by atoms with Gasteiger partial charge in [0.05, 0.1) is 25.2 Å². The summed E-state index contributed by atoms with van der Waals surface area (Å²) >= 11 is 0. The fraction of sp³-hybridized carbons (Fsp3) is 0.250. The van der Waals surface area contributed by atoms with E-state index in [2.05, 4.69) is 0 Å². The van der Waals surface area contributed by atoms with Gasteiger partial charge >= 0.3 is 5.97 Å². The van der Waals surface area contributed by atoms with Gasteiger partial charge in [-0.05, 0) is 37.6 Å². The van der Waals surface area contributed by atoms with E-state index in [0.717, 1.165) is 0 Å². The molecule has 0 spiro atoms. The molecule has 1 atom stereocenters. The van der Waals surface area contributed by atoms with Crippen molar-refractivity contribution in [1.82, 2.24) is 0 Å². The lowest BCUT2D eigenvalue weighted by molar-refractivity contribution is -0.139. The van der Waals surface area contributed by atoms with Gasteiger partial charge in [-0.3, -0.25) is 0 Å². The highest BCUT2D eigenvalue weighted by molar-refractivity contribution is 5.92. The Balaban J connectivity index is 1.99. The van der Waals surface area contributed by atoms with Gasteiger partial charge in [0, 0.05) is 5.56 Å². The largest absolute Gasteiger partial charge is 0.493 e. The molecule has 32 heavy (non-hydrogen) atoms. The van der Waals surface area contributed by atoms with E-state index in [-0.39, 0.29) is 41.8 Å². The smallest absolute Gasteiger partial charge is 0.338 e. The molecule has 1 heterocycles. The van der Waals surface area contributed by atoms with Crippen LogP contribution in [0.3, 0.4) is 0 Å². The molecule has 0 fully saturated rings. The van der Waals surface area contributed by atoms with Gasteiger partial charge in [0.2, 0.25) is 5.88 Å². The molecule has 0 saturated heterocycles. The van der Waals surface area contributed by atoms with Gasteiger partial charge in [-0.25, -0.2) is 9.18 Å². The molecule has 2 aromatic carbocycles. The Morgan fingerprint density at radius 2 is 2.00 bits per heavy atom. The number of esters is 1. The van der Waals surface area contributed by atoms with Crippen LogP contribution in [0.15, 0.2) is 65.3 Å². The van der Waals surface area contributed by atoms with Gasteiger partial charge in [-0.2, -0.15) is 5.26 Å². The molecular formula is C24H23FN2O5. The van der Waals surface area contributed by atoms with Crippen LogP contribution in [0.25, 0.3) is 0 Å². The molecule has 8 heteroatoms. The molecular weight excluding hydrogens is 415 g/mol. The SMILES string of the molecule is CCOC(=O)C1=C(C)OC(N)=C(C#N)[C@@H]1c1ccc(OCc2ccccc2F)c(OC)c1. The fourth-order valence-electron chi connectivity index (χ4n) is 3.44. The third kappa shape index (κ3) is 4.52. The maximum Gasteiger partial charge on any atom is 0.338 e. The van der Waals surface area contributed by atoms with Gasteiger partial charge in [0.1, 0.15) is 29.8 Å². The zero-order chi connectivity index (χ0) is 23.3. The summed E-state index contributed by atoms with van der Waals surface area (Å²) in [5.74, 6) is -0.881. The summed E-state index contributed by atoms with van der Waals surface area (Å²) < 4.78 is 35.7. The molecule has 0 amide bonds. The lowest BCUT2D eigenvalue weighted by Crippen LogP contribution is -2.25. The number of ether oxygens (including phenoxy) is 4. The quantitative estimate of drug-likeness (QED) is 0.650. The molecule has 0 unspecified atom stereocenters. The molecule has 0 aromatic heterocycles. The van der Waals surface area contributed by atoms with E-state index in [4.69, 9.17) is 24.7 Å². The van der Waals surface area contributed by atoms with Crippen molar-refractivity contribution in [2.24, 2.45) is 5.73 Å². The Morgan fingerprint density at radius 3 is 2.66 bits per heavy atom. The molecule has 1 aliphatic heterocycles. The molecule has 2 aromatic rings. The number of hydrogen-bond donors (Lipinski definition) is 1. The number of nitrogens with two attached hydrogens (primary N) is 1. The Morgan fingerprint density at radius 1 is 1.25 bits per heavy atom. The van der Waals surface area contributed by atoms with Crippen LogP contribution in [0.2, 0.25) is 0 Å². The number of hydrogen-bond acceptors (Lipinski definition) is 7. The van der Waals surface area contributed by atoms with E-state index >= 15 is 0 Å². The summed E-state index contributed by atoms with van der Waals surface area (Å²) in [5.41, 5.74) is 7.15. The highest BCUT2D eigenvalue weighted by Gasteiger charge is 2.36. The van der Waals surface area contributed by atoms with Crippen LogP contribution in [-0.2, 0) is 20.9 Å². The summed E-state index contributed by atoms with van der Waals surface area (Å²) in [4.78, 5) is 12.6. The van der Waals surface area contributed by atoms with Crippen molar-refractivity contribution in [2.45, 2.75) is 26.4 Å². The van der Waals surface area contributed by atoms with Gasteiger partial charge in [-0.15, -0.1) is 0 Å². The minimum Gasteiger partial charge on any atom is -0.493 e. The number of carbonyl (C=O) groups is 1. The van der Waals surface area contributed by atoms with E-state index in [1.165, 1.54) is 13.2 Å². The molecule has 166 valence electrons. The summed E-state index contributed by atoms with van der Waals surface area (Å²) in [5, 5.41) is 9.69. The standard InChI is InChI=1S/C24H23FN2O5/c1-4-30-24(28)21-14(2)32-23(27)17(12-26)22(21)15-9-10-19(20(11-15)29-3)31-13-16-7-5-6-8-18(16)25/h5-11,22H,4,13,27H2,1-3H3/t22-/m0/s1. The maximum atomic E-state index is 13.9. The van der Waals surface area contributed by atoms with E-state index in [1.54, 1.807) is 50.2 Å². The molecule has 0 aliphatic carbocycles. The maximum absolute atomic E-state index is 13.9. The summed E-state index contributed by atoms with van der Waals surface area (Å²) in [6, 6.07) is 13.3. The van der Waals surface area contributed by atoms with Crippen molar-refractivity contribution in [2.75, 3.05) is 13.7 Å². The second-order valence-electron chi connectivity index (χ2n) is 6.91. The van der Waals surface area contributed by atoms with E-state index < -0.39 is 11.9 Å². The zero-order valence-electron chi connectivity index (χ0n) is 18.0. The van der Waals surface area contributed by atoms with Crippen LogP contribution >= 0.6 is 0 Å². The van der Waals surface area contributed by atoms with Crippen LogP contribution in [0, 0.1) is 17.1 Å². The fourth-order valence-corrected chi connectivity index (χ4v) is 3.44. The Kier molecular flexibility index (Phi) is 7.00. The van der Waals surface area contributed by atoms with Crippen LogP contribution in [0.5, 0.6) is 11.5 Å². The molecule has 2 N–H and O–H groups in total. The van der Waals surface area contributed by atoms with Crippen molar-refractivity contribution in [3.63, 3.8) is 0 Å². The number of nitrogens with zero attached hydrogens (tertiary/aromatic N) is 1. The predicted octanol–water partition coefficient (Wildman–Crippen LogP) is 4.06. The van der Waals surface area contributed by atoms with Crippen LogP contribution in [-0.4, -0.2) is 19.7 Å². The average molecular weight is 438 g/mol. The Bertz CT molecular complexity index is 1130. The predicted molar refractivity (Wildman–Crippen MR) is 114 cm³/mol. The number of allylic oxidation sites excluding steroid dienone is 2. The third-order valence-electron chi connectivity index (χ3n) is 4.96. The van der Waals surface area contributed by atoms with Crippen molar-refractivity contribution in [3.05, 3.63) is 82.2 Å². The van der Waals surface area contributed by atoms with Crippen LogP contribution in [0.1, 0.15) is 30.9 Å². The highest BCUT2D eigenvalue weighted by Crippen LogP contribution is 2.42. The number of halogens is 1. The summed E-state index contributed by atoms with van der Waals surface area (Å²) in [7, 11) is 1.46. The van der Waals surface area contributed by atoms with Crippen molar-refractivity contribution >= 4 is 5.97 Å². The highest BCUT2D eigenvalue weighted by atomic mass is 19.1. The second kappa shape index (κ2) is 9.88. The van der Waals surface area contributed by atoms with E-state index in [0.29, 0.717) is 22.6 Å². The first kappa shape index (κ1) is 22.7. The lowest BCUT2D eigenvalue weighted by atomic mass is 9.83. The minimum absolute atomic E-state index is 0.00301. The average Bonchev–Trinajstić information content (AvgIpc) is 2.78. The minimum atomic E-state index is -0.803. The number of benzene rings is 2. The van der Waals surface area contributed by atoms with E-state index in [9.17, 15) is 14.4 Å². The second-order valence-corrected chi connectivity index (χ2v) is 6.91. The number of rotatable bonds is 7. The van der Waals surface area contributed by atoms with Crippen molar-refractivity contribution < 1.29 is 28.1 Å². The number of nitriles is 1. The lowest BCUT2D eigenvalue weighted by Gasteiger charge is -2.27. The van der Waals surface area contributed by atoms with Crippen LogP contribution in [0.4, 0.5) is 4.39 Å². The van der Waals surface area contributed by atoms with E-state index in [1.807, 2.05) is 6.07 Å². The van der Waals surface area contributed by atoms with Gasteiger partial charge in [0.25, 0.3) is 0 Å². The van der Waals surface area contributed by atoms with Gasteiger partial charge in [0.15, 0.2) is 11.5 Å². The first-order valence-corrected chi connectivity index (χ1v) is 9.90. The third-order valence-corrected chi connectivity index (χ3v) is 4.96. The Hall–Kier alpha value is -3.99. The van der Waals surface area contributed by atoms with Crippen molar-refractivity contribution in [1.29, 1.82) is 5.26 Å². The normalized spacial score (nSPS) is 15.7. The summed E-state index contributed by atoms with van der Waals surface area (Å²) in [6.07, 6.45) is 0. The van der Waals surface area contributed by atoms with Crippen molar-refractivity contribution in [3.8, 4) is 17.6 Å².